The third kappa shape index (κ3) is 4.58. The highest BCUT2D eigenvalue weighted by atomic mass is 19.4. The minimum Gasteiger partial charge on any atom is -0.354 e. The number of carbonyl (C=O) groups excluding carboxylic acids is 1. The van der Waals surface area contributed by atoms with Gasteiger partial charge >= 0.3 is 6.18 Å². The first-order chi connectivity index (χ1) is 11.2. The Hall–Kier alpha value is -1.86. The van der Waals surface area contributed by atoms with Crippen molar-refractivity contribution in [2.24, 2.45) is 5.92 Å². The van der Waals surface area contributed by atoms with Crippen molar-refractivity contribution in [3.8, 4) is 0 Å². The van der Waals surface area contributed by atoms with Crippen LogP contribution < -0.4 is 4.90 Å². The highest BCUT2D eigenvalue weighted by Gasteiger charge is 2.36. The molecule has 0 spiro atoms. The fourth-order valence-electron chi connectivity index (χ4n) is 3.02. The second kappa shape index (κ2) is 7.36. The van der Waals surface area contributed by atoms with E-state index in [9.17, 15) is 18.0 Å². The molecule has 1 saturated heterocycles. The molecule has 0 saturated carbocycles. The lowest BCUT2D eigenvalue weighted by molar-refractivity contribution is -0.163. The number of rotatable bonds is 4. The standard InChI is InChI=1S/C16H23F3N4O/c1-4-22(10-16(17,18)19)15(24)13-6-5-7-23(9-13)14-12(3)20-8-11(2)21-14/h8,13H,4-7,9-10H2,1-3H3/t13-/m0/s1. The van der Waals surface area contributed by atoms with Gasteiger partial charge in [-0.05, 0) is 33.6 Å². The number of carbonyl (C=O) groups is 1. The normalized spacial score (nSPS) is 18.6. The van der Waals surface area contributed by atoms with Gasteiger partial charge in [0.05, 0.1) is 17.3 Å². The molecule has 1 aliphatic heterocycles. The van der Waals surface area contributed by atoms with Crippen LogP contribution >= 0.6 is 0 Å². The van der Waals surface area contributed by atoms with E-state index in [0.717, 1.165) is 29.3 Å². The molecular formula is C16H23F3N4O. The number of aromatic nitrogens is 2. The van der Waals surface area contributed by atoms with Crippen LogP contribution in [0.4, 0.5) is 19.0 Å². The lowest BCUT2D eigenvalue weighted by Crippen LogP contribution is -2.47. The number of hydrogen-bond donors (Lipinski definition) is 0. The van der Waals surface area contributed by atoms with Gasteiger partial charge < -0.3 is 9.80 Å². The second-order valence-corrected chi connectivity index (χ2v) is 6.17. The molecule has 2 rings (SSSR count). The number of amides is 1. The predicted octanol–water partition coefficient (Wildman–Crippen LogP) is 2.72. The topological polar surface area (TPSA) is 49.3 Å². The number of nitrogens with zero attached hydrogens (tertiary/aromatic N) is 4. The van der Waals surface area contributed by atoms with Crippen LogP contribution in [0.25, 0.3) is 0 Å². The molecule has 1 aromatic rings. The quantitative estimate of drug-likeness (QED) is 0.843. The molecule has 0 N–H and O–H groups in total. The smallest absolute Gasteiger partial charge is 0.354 e. The van der Waals surface area contributed by atoms with Crippen LogP contribution in [0.2, 0.25) is 0 Å². The summed E-state index contributed by atoms with van der Waals surface area (Å²) in [4.78, 5) is 24.1. The van der Waals surface area contributed by atoms with Crippen molar-refractivity contribution < 1.29 is 18.0 Å². The number of aryl methyl sites for hydroxylation is 2. The van der Waals surface area contributed by atoms with Gasteiger partial charge in [0.2, 0.25) is 5.91 Å². The molecule has 0 aliphatic carbocycles. The highest BCUT2D eigenvalue weighted by Crippen LogP contribution is 2.26. The first-order valence-electron chi connectivity index (χ1n) is 8.12. The molecule has 2 heterocycles. The molecule has 5 nitrogen and oxygen atoms in total. The van der Waals surface area contributed by atoms with E-state index < -0.39 is 24.5 Å². The summed E-state index contributed by atoms with van der Waals surface area (Å²) >= 11 is 0. The first kappa shape index (κ1) is 18.5. The molecule has 134 valence electrons. The minimum absolute atomic E-state index is 0.0537. The van der Waals surface area contributed by atoms with Crippen molar-refractivity contribution in [2.45, 2.75) is 39.8 Å². The van der Waals surface area contributed by atoms with E-state index in [0.29, 0.717) is 18.8 Å². The molecule has 0 aromatic carbocycles. The van der Waals surface area contributed by atoms with E-state index in [2.05, 4.69) is 9.97 Å². The van der Waals surface area contributed by atoms with Crippen molar-refractivity contribution >= 4 is 11.7 Å². The molecule has 1 aromatic heterocycles. The van der Waals surface area contributed by atoms with Gasteiger partial charge in [-0.15, -0.1) is 0 Å². The van der Waals surface area contributed by atoms with Gasteiger partial charge in [0, 0.05) is 25.8 Å². The maximum Gasteiger partial charge on any atom is 0.406 e. The average molecular weight is 344 g/mol. The summed E-state index contributed by atoms with van der Waals surface area (Å²) in [5.41, 5.74) is 1.53. The molecule has 0 radical (unpaired) electrons. The average Bonchev–Trinajstić information content (AvgIpc) is 2.53. The van der Waals surface area contributed by atoms with Gasteiger partial charge in [-0.25, -0.2) is 4.98 Å². The zero-order valence-corrected chi connectivity index (χ0v) is 14.2. The monoisotopic (exact) mass is 344 g/mol. The van der Waals surface area contributed by atoms with Crippen LogP contribution in [0.3, 0.4) is 0 Å². The van der Waals surface area contributed by atoms with Gasteiger partial charge in [-0.3, -0.25) is 9.78 Å². The van der Waals surface area contributed by atoms with Gasteiger partial charge in [0.15, 0.2) is 0 Å². The van der Waals surface area contributed by atoms with Crippen LogP contribution in [0.1, 0.15) is 31.2 Å². The van der Waals surface area contributed by atoms with E-state index in [1.54, 1.807) is 13.1 Å². The summed E-state index contributed by atoms with van der Waals surface area (Å²) in [6.45, 7) is 5.22. The lowest BCUT2D eigenvalue weighted by Gasteiger charge is -2.36. The van der Waals surface area contributed by atoms with Crippen LogP contribution in [-0.2, 0) is 4.79 Å². The highest BCUT2D eigenvalue weighted by molar-refractivity contribution is 5.79. The molecule has 1 atom stereocenters. The van der Waals surface area contributed by atoms with E-state index >= 15 is 0 Å². The molecule has 1 aliphatic rings. The van der Waals surface area contributed by atoms with Gasteiger partial charge in [0.1, 0.15) is 12.4 Å². The van der Waals surface area contributed by atoms with Gasteiger partial charge in [-0.2, -0.15) is 13.2 Å². The molecule has 8 heteroatoms. The lowest BCUT2D eigenvalue weighted by atomic mass is 9.96. The number of halogens is 3. The van der Waals surface area contributed by atoms with Crippen molar-refractivity contribution in [3.63, 3.8) is 0 Å². The van der Waals surface area contributed by atoms with Crippen molar-refractivity contribution in [3.05, 3.63) is 17.6 Å². The van der Waals surface area contributed by atoms with Crippen LogP contribution in [0.5, 0.6) is 0 Å². The minimum atomic E-state index is -4.38. The Kier molecular flexibility index (Phi) is 5.66. The van der Waals surface area contributed by atoms with Crippen LogP contribution in [0.15, 0.2) is 6.20 Å². The SMILES string of the molecule is CCN(CC(F)(F)F)C(=O)[C@H]1CCCN(c2nc(C)cnc2C)C1. The number of alkyl halides is 3. The Labute approximate surface area is 139 Å². The Morgan fingerprint density at radius 2 is 2.12 bits per heavy atom. The maximum absolute atomic E-state index is 12.6. The van der Waals surface area contributed by atoms with E-state index in [4.69, 9.17) is 0 Å². The third-order valence-corrected chi connectivity index (χ3v) is 4.18. The Bertz CT molecular complexity index is 591. The maximum atomic E-state index is 12.6. The molecule has 1 amide bonds. The largest absolute Gasteiger partial charge is 0.406 e. The molecule has 24 heavy (non-hydrogen) atoms. The molecular weight excluding hydrogens is 321 g/mol. The zero-order valence-electron chi connectivity index (χ0n) is 14.2. The number of anilines is 1. The summed E-state index contributed by atoms with van der Waals surface area (Å²) in [5.74, 6) is -0.160. The molecule has 1 fully saturated rings. The predicted molar refractivity (Wildman–Crippen MR) is 84.8 cm³/mol. The Morgan fingerprint density at radius 3 is 2.75 bits per heavy atom. The summed E-state index contributed by atoms with van der Waals surface area (Å²) in [6, 6.07) is 0. The Morgan fingerprint density at radius 1 is 1.42 bits per heavy atom. The molecule has 0 unspecified atom stereocenters. The van der Waals surface area contributed by atoms with E-state index in [-0.39, 0.29) is 6.54 Å². The summed E-state index contributed by atoms with van der Waals surface area (Å²) in [7, 11) is 0. The third-order valence-electron chi connectivity index (χ3n) is 4.18. The van der Waals surface area contributed by atoms with E-state index in [1.165, 1.54) is 0 Å². The van der Waals surface area contributed by atoms with Crippen molar-refractivity contribution in [2.75, 3.05) is 31.1 Å². The Balaban J connectivity index is 2.12. The van der Waals surface area contributed by atoms with Crippen LogP contribution in [-0.4, -0.2) is 53.1 Å². The zero-order chi connectivity index (χ0) is 17.9. The summed E-state index contributed by atoms with van der Waals surface area (Å²) < 4.78 is 37.9. The van der Waals surface area contributed by atoms with Crippen molar-refractivity contribution in [1.82, 2.24) is 14.9 Å². The van der Waals surface area contributed by atoms with Gasteiger partial charge in [-0.1, -0.05) is 0 Å². The first-order valence-corrected chi connectivity index (χ1v) is 8.12. The second-order valence-electron chi connectivity index (χ2n) is 6.17. The summed E-state index contributed by atoms with van der Waals surface area (Å²) in [5, 5.41) is 0. The fraction of sp³-hybridized carbons (Fsp3) is 0.688. The summed E-state index contributed by atoms with van der Waals surface area (Å²) in [6.07, 6.45) is -1.36. The number of piperidine rings is 1. The molecule has 0 bridgehead atoms. The van der Waals surface area contributed by atoms with E-state index in [1.807, 2.05) is 18.7 Å². The van der Waals surface area contributed by atoms with Gasteiger partial charge in [0.25, 0.3) is 0 Å². The fourth-order valence-corrected chi connectivity index (χ4v) is 3.02. The van der Waals surface area contributed by atoms with Crippen molar-refractivity contribution in [1.29, 1.82) is 0 Å². The van der Waals surface area contributed by atoms with Crippen LogP contribution in [0, 0.1) is 19.8 Å². The number of hydrogen-bond acceptors (Lipinski definition) is 4.